The van der Waals surface area contributed by atoms with E-state index in [9.17, 15) is 4.79 Å². The van der Waals surface area contributed by atoms with Crippen molar-refractivity contribution in [1.82, 2.24) is 15.4 Å². The molecule has 4 rings (SSSR count). The van der Waals surface area contributed by atoms with Crippen LogP contribution in [0.4, 0.5) is 0 Å². The normalized spacial score (nSPS) is 16.0. The predicted molar refractivity (Wildman–Crippen MR) is 121 cm³/mol. The highest BCUT2D eigenvalue weighted by Crippen LogP contribution is 2.29. The third-order valence-corrected chi connectivity index (χ3v) is 6.59. The van der Waals surface area contributed by atoms with E-state index in [1.165, 1.54) is 24.0 Å². The van der Waals surface area contributed by atoms with Gasteiger partial charge in [-0.2, -0.15) is 0 Å². The maximum Gasteiger partial charge on any atom is 0.273 e. The maximum absolute atomic E-state index is 12.7. The van der Waals surface area contributed by atoms with Crippen molar-refractivity contribution >= 4 is 17.2 Å². The van der Waals surface area contributed by atoms with Crippen molar-refractivity contribution in [2.75, 3.05) is 19.6 Å². The minimum atomic E-state index is -0.197. The third-order valence-electron chi connectivity index (χ3n) is 5.71. The molecular formula is C24H29N3O2S. The Morgan fingerprint density at radius 3 is 2.57 bits per heavy atom. The summed E-state index contributed by atoms with van der Waals surface area (Å²) in [5, 5.41) is 9.02. The van der Waals surface area contributed by atoms with Gasteiger partial charge >= 0.3 is 0 Å². The first-order valence-corrected chi connectivity index (χ1v) is 11.4. The molecule has 158 valence electrons. The second-order valence-corrected chi connectivity index (χ2v) is 9.84. The van der Waals surface area contributed by atoms with Crippen LogP contribution >= 0.6 is 11.3 Å². The van der Waals surface area contributed by atoms with E-state index in [4.69, 9.17) is 4.52 Å². The molecule has 1 aliphatic heterocycles. The Hall–Kier alpha value is -2.44. The summed E-state index contributed by atoms with van der Waals surface area (Å²) in [4.78, 5) is 16.1. The maximum atomic E-state index is 12.7. The molecule has 0 aliphatic carbocycles. The van der Waals surface area contributed by atoms with Gasteiger partial charge in [-0.05, 0) is 53.9 Å². The van der Waals surface area contributed by atoms with Gasteiger partial charge in [0.15, 0.2) is 11.5 Å². The van der Waals surface area contributed by atoms with Gasteiger partial charge in [0, 0.05) is 12.6 Å². The monoisotopic (exact) mass is 423 g/mol. The first-order chi connectivity index (χ1) is 14.4. The average Bonchev–Trinajstić information content (AvgIpc) is 3.49. The first kappa shape index (κ1) is 20.8. The molecule has 30 heavy (non-hydrogen) atoms. The second-order valence-electron chi connectivity index (χ2n) is 8.89. The fraction of sp³-hybridized carbons (Fsp3) is 0.417. The van der Waals surface area contributed by atoms with Gasteiger partial charge < -0.3 is 9.84 Å². The number of aromatic nitrogens is 1. The number of hydrogen-bond acceptors (Lipinski definition) is 5. The summed E-state index contributed by atoms with van der Waals surface area (Å²) >= 11 is 1.56. The number of amides is 1. The zero-order chi connectivity index (χ0) is 21.1. The zero-order valence-corrected chi connectivity index (χ0v) is 18.7. The molecule has 5 nitrogen and oxygen atoms in total. The lowest BCUT2D eigenvalue weighted by Gasteiger charge is -2.29. The lowest BCUT2D eigenvalue weighted by molar-refractivity contribution is 0.0929. The highest BCUT2D eigenvalue weighted by molar-refractivity contribution is 7.13. The van der Waals surface area contributed by atoms with Crippen molar-refractivity contribution in [2.24, 2.45) is 0 Å². The van der Waals surface area contributed by atoms with Gasteiger partial charge in [-0.25, -0.2) is 0 Å². The Balaban J connectivity index is 1.47. The lowest BCUT2D eigenvalue weighted by Crippen LogP contribution is -2.37. The summed E-state index contributed by atoms with van der Waals surface area (Å²) in [5.74, 6) is 0.432. The molecule has 0 saturated carbocycles. The number of carbonyl (C=O) groups excluding carboxylic acids is 1. The number of thiophene rings is 1. The molecular weight excluding hydrogens is 394 g/mol. The summed E-state index contributed by atoms with van der Waals surface area (Å²) in [7, 11) is 0. The van der Waals surface area contributed by atoms with Crippen LogP contribution in [0, 0.1) is 0 Å². The molecule has 1 aliphatic rings. The second kappa shape index (κ2) is 8.74. The van der Waals surface area contributed by atoms with Crippen LogP contribution in [0.2, 0.25) is 0 Å². The number of benzene rings is 1. The van der Waals surface area contributed by atoms with Crippen LogP contribution in [0.1, 0.15) is 61.3 Å². The summed E-state index contributed by atoms with van der Waals surface area (Å²) in [6, 6.07) is 14.6. The Morgan fingerprint density at radius 1 is 1.20 bits per heavy atom. The van der Waals surface area contributed by atoms with Crippen LogP contribution in [0.5, 0.6) is 0 Å². The first-order valence-electron chi connectivity index (χ1n) is 10.5. The zero-order valence-electron chi connectivity index (χ0n) is 17.9. The minimum absolute atomic E-state index is 0.128. The van der Waals surface area contributed by atoms with E-state index in [-0.39, 0.29) is 17.4 Å². The molecule has 1 atom stereocenters. The predicted octanol–water partition coefficient (Wildman–Crippen LogP) is 5.27. The van der Waals surface area contributed by atoms with E-state index in [0.29, 0.717) is 18.0 Å². The van der Waals surface area contributed by atoms with E-state index in [1.54, 1.807) is 17.4 Å². The largest absolute Gasteiger partial charge is 0.355 e. The Bertz CT molecular complexity index is 965. The van der Waals surface area contributed by atoms with Gasteiger partial charge in [0.2, 0.25) is 0 Å². The van der Waals surface area contributed by atoms with Gasteiger partial charge in [-0.15, -0.1) is 11.3 Å². The van der Waals surface area contributed by atoms with Crippen molar-refractivity contribution in [3.8, 4) is 10.6 Å². The Kier molecular flexibility index (Phi) is 6.06. The van der Waals surface area contributed by atoms with Crippen LogP contribution in [0.3, 0.4) is 0 Å². The number of hydrogen-bond donors (Lipinski definition) is 1. The quantitative estimate of drug-likeness (QED) is 0.587. The SMILES string of the molecule is CC(C)(C)c1ccc([C@H](CNC(=O)c2cc(-c3cccs3)on2)N2CCCC2)cc1. The molecule has 0 bridgehead atoms. The topological polar surface area (TPSA) is 58.4 Å². The minimum Gasteiger partial charge on any atom is -0.355 e. The molecule has 1 saturated heterocycles. The molecule has 6 heteroatoms. The van der Waals surface area contributed by atoms with Crippen LogP contribution in [-0.4, -0.2) is 35.6 Å². The molecule has 2 aromatic heterocycles. The van der Waals surface area contributed by atoms with Crippen molar-refractivity contribution in [2.45, 2.75) is 45.1 Å². The Labute approximate surface area is 182 Å². The molecule has 1 fully saturated rings. The van der Waals surface area contributed by atoms with E-state index in [2.05, 4.69) is 60.4 Å². The van der Waals surface area contributed by atoms with Crippen LogP contribution < -0.4 is 5.32 Å². The van der Waals surface area contributed by atoms with E-state index in [0.717, 1.165) is 18.0 Å². The molecule has 3 aromatic rings. The molecule has 0 radical (unpaired) electrons. The number of nitrogens with zero attached hydrogens (tertiary/aromatic N) is 2. The van der Waals surface area contributed by atoms with Gasteiger partial charge in [0.1, 0.15) is 0 Å². The fourth-order valence-corrected chi connectivity index (χ4v) is 4.59. The van der Waals surface area contributed by atoms with Crippen molar-refractivity contribution in [3.63, 3.8) is 0 Å². The van der Waals surface area contributed by atoms with Gasteiger partial charge in [-0.1, -0.05) is 56.3 Å². The summed E-state index contributed by atoms with van der Waals surface area (Å²) in [6.07, 6.45) is 2.41. The van der Waals surface area contributed by atoms with Crippen LogP contribution in [0.25, 0.3) is 10.6 Å². The highest BCUT2D eigenvalue weighted by Gasteiger charge is 2.25. The highest BCUT2D eigenvalue weighted by atomic mass is 32.1. The smallest absolute Gasteiger partial charge is 0.273 e. The molecule has 3 heterocycles. The van der Waals surface area contributed by atoms with Crippen molar-refractivity contribution < 1.29 is 9.32 Å². The number of rotatable bonds is 6. The lowest BCUT2D eigenvalue weighted by atomic mass is 9.86. The van der Waals surface area contributed by atoms with E-state index >= 15 is 0 Å². The van der Waals surface area contributed by atoms with Crippen molar-refractivity contribution in [3.05, 3.63) is 64.7 Å². The van der Waals surface area contributed by atoms with Crippen LogP contribution in [-0.2, 0) is 5.41 Å². The standard InChI is InChI=1S/C24H29N3O2S/c1-24(2,3)18-10-8-17(9-11-18)20(27-12-4-5-13-27)16-25-23(28)19-15-21(29-26-19)22-7-6-14-30-22/h6-11,14-15,20H,4-5,12-13,16H2,1-3H3,(H,25,28)/t20-/m0/s1. The molecule has 1 N–H and O–H groups in total. The summed E-state index contributed by atoms with van der Waals surface area (Å²) in [6.45, 7) is 9.35. The molecule has 1 aromatic carbocycles. The molecule has 1 amide bonds. The van der Waals surface area contributed by atoms with E-state index < -0.39 is 0 Å². The van der Waals surface area contributed by atoms with Gasteiger partial charge in [0.05, 0.1) is 10.9 Å². The van der Waals surface area contributed by atoms with Crippen molar-refractivity contribution in [1.29, 1.82) is 0 Å². The van der Waals surface area contributed by atoms with Gasteiger partial charge in [-0.3, -0.25) is 9.69 Å². The van der Waals surface area contributed by atoms with Crippen LogP contribution in [0.15, 0.2) is 52.4 Å². The molecule has 0 unspecified atom stereocenters. The molecule has 0 spiro atoms. The summed E-state index contributed by atoms with van der Waals surface area (Å²) < 4.78 is 5.36. The number of nitrogens with one attached hydrogen (secondary N) is 1. The summed E-state index contributed by atoms with van der Waals surface area (Å²) in [5.41, 5.74) is 3.01. The number of carbonyl (C=O) groups is 1. The number of likely N-dealkylation sites (tertiary alicyclic amines) is 1. The third kappa shape index (κ3) is 4.65. The van der Waals surface area contributed by atoms with Gasteiger partial charge in [0.25, 0.3) is 5.91 Å². The Morgan fingerprint density at radius 2 is 1.93 bits per heavy atom. The fourth-order valence-electron chi connectivity index (χ4n) is 3.91. The average molecular weight is 424 g/mol. The van der Waals surface area contributed by atoms with E-state index in [1.807, 2.05) is 17.5 Å².